The van der Waals surface area contributed by atoms with Crippen molar-refractivity contribution < 1.29 is 4.74 Å². The lowest BCUT2D eigenvalue weighted by molar-refractivity contribution is -0.0126. The van der Waals surface area contributed by atoms with Crippen molar-refractivity contribution in [2.24, 2.45) is 5.73 Å². The van der Waals surface area contributed by atoms with Crippen molar-refractivity contribution in [3.63, 3.8) is 0 Å². The van der Waals surface area contributed by atoms with E-state index in [0.29, 0.717) is 23.3 Å². The minimum absolute atomic E-state index is 0.00250. The van der Waals surface area contributed by atoms with Gasteiger partial charge in [-0.25, -0.2) is 4.68 Å². The first-order valence-corrected chi connectivity index (χ1v) is 7.38. The average molecular weight is 343 g/mol. The van der Waals surface area contributed by atoms with Gasteiger partial charge in [-0.05, 0) is 29.3 Å². The summed E-state index contributed by atoms with van der Waals surface area (Å²) in [6, 6.07) is 0.0248. The smallest absolute Gasteiger partial charge is 0.283 e. The van der Waals surface area contributed by atoms with Crippen LogP contribution < -0.4 is 16.6 Å². The van der Waals surface area contributed by atoms with Crippen molar-refractivity contribution in [2.75, 3.05) is 11.9 Å². The maximum atomic E-state index is 12.1. The predicted molar refractivity (Wildman–Crippen MR) is 81.8 cm³/mol. The molecule has 110 valence electrons. The van der Waals surface area contributed by atoms with Gasteiger partial charge in [0.2, 0.25) is 0 Å². The van der Waals surface area contributed by atoms with Gasteiger partial charge in [0.05, 0.1) is 30.6 Å². The topological polar surface area (TPSA) is 82.2 Å². The SMILES string of the molecule is C=CCn1ncc(NC2C(N)CC2OCC)c(Br)c1=O. The van der Waals surface area contributed by atoms with E-state index in [9.17, 15) is 4.79 Å². The van der Waals surface area contributed by atoms with Gasteiger partial charge in [-0.15, -0.1) is 6.58 Å². The molecule has 0 bridgehead atoms. The van der Waals surface area contributed by atoms with Crippen LogP contribution in [-0.4, -0.2) is 34.6 Å². The maximum Gasteiger partial charge on any atom is 0.283 e. The zero-order valence-electron chi connectivity index (χ0n) is 11.4. The normalized spacial score (nSPS) is 25.1. The molecule has 1 aliphatic rings. The molecule has 2 rings (SSSR count). The van der Waals surface area contributed by atoms with Gasteiger partial charge in [0.25, 0.3) is 5.56 Å². The summed E-state index contributed by atoms with van der Waals surface area (Å²) >= 11 is 3.31. The fourth-order valence-electron chi connectivity index (χ4n) is 2.22. The Morgan fingerprint density at radius 1 is 1.75 bits per heavy atom. The highest BCUT2D eigenvalue weighted by atomic mass is 79.9. The maximum absolute atomic E-state index is 12.1. The Morgan fingerprint density at radius 3 is 3.10 bits per heavy atom. The van der Waals surface area contributed by atoms with Crippen LogP contribution in [0.3, 0.4) is 0 Å². The first-order valence-electron chi connectivity index (χ1n) is 6.58. The molecule has 3 N–H and O–H groups in total. The number of hydrogen-bond acceptors (Lipinski definition) is 5. The lowest BCUT2D eigenvalue weighted by Crippen LogP contribution is -2.60. The molecular weight excluding hydrogens is 324 g/mol. The summed E-state index contributed by atoms with van der Waals surface area (Å²) in [5, 5.41) is 7.34. The number of hydrogen-bond donors (Lipinski definition) is 2. The van der Waals surface area contributed by atoms with Crippen LogP contribution in [0.15, 0.2) is 28.1 Å². The van der Waals surface area contributed by atoms with Crippen LogP contribution in [-0.2, 0) is 11.3 Å². The summed E-state index contributed by atoms with van der Waals surface area (Å²) in [6.45, 7) is 6.58. The summed E-state index contributed by atoms with van der Waals surface area (Å²) in [7, 11) is 0. The molecule has 7 heteroatoms. The van der Waals surface area contributed by atoms with Crippen LogP contribution in [0.5, 0.6) is 0 Å². The quantitative estimate of drug-likeness (QED) is 0.756. The lowest BCUT2D eigenvalue weighted by atomic mass is 9.83. The molecule has 0 aliphatic heterocycles. The van der Waals surface area contributed by atoms with Crippen molar-refractivity contribution in [3.8, 4) is 0 Å². The van der Waals surface area contributed by atoms with Gasteiger partial charge < -0.3 is 15.8 Å². The van der Waals surface area contributed by atoms with Crippen molar-refractivity contribution in [1.82, 2.24) is 9.78 Å². The van der Waals surface area contributed by atoms with E-state index in [-0.39, 0.29) is 23.7 Å². The third-order valence-corrected chi connectivity index (χ3v) is 4.12. The molecule has 0 saturated heterocycles. The highest BCUT2D eigenvalue weighted by molar-refractivity contribution is 9.10. The fourth-order valence-corrected chi connectivity index (χ4v) is 2.65. The predicted octanol–water partition coefficient (Wildman–Crippen LogP) is 1.11. The lowest BCUT2D eigenvalue weighted by Gasteiger charge is -2.43. The molecule has 3 unspecified atom stereocenters. The highest BCUT2D eigenvalue weighted by Crippen LogP contribution is 2.28. The third-order valence-electron chi connectivity index (χ3n) is 3.36. The van der Waals surface area contributed by atoms with E-state index in [2.05, 4.69) is 32.9 Å². The van der Waals surface area contributed by atoms with Crippen LogP contribution in [0.2, 0.25) is 0 Å². The minimum atomic E-state index is -0.198. The van der Waals surface area contributed by atoms with Crippen LogP contribution in [0.25, 0.3) is 0 Å². The summed E-state index contributed by atoms with van der Waals surface area (Å²) < 4.78 is 7.37. The van der Waals surface area contributed by atoms with E-state index in [1.807, 2.05) is 6.92 Å². The van der Waals surface area contributed by atoms with E-state index in [4.69, 9.17) is 10.5 Å². The highest BCUT2D eigenvalue weighted by Gasteiger charge is 2.39. The molecule has 20 heavy (non-hydrogen) atoms. The zero-order chi connectivity index (χ0) is 14.7. The Labute approximate surface area is 126 Å². The number of aromatic nitrogens is 2. The fraction of sp³-hybridized carbons (Fsp3) is 0.538. The largest absolute Gasteiger partial charge is 0.376 e. The molecule has 3 atom stereocenters. The molecule has 0 spiro atoms. The molecule has 1 aromatic rings. The van der Waals surface area contributed by atoms with Crippen LogP contribution in [0, 0.1) is 0 Å². The van der Waals surface area contributed by atoms with Crippen molar-refractivity contribution in [3.05, 3.63) is 33.7 Å². The molecule has 1 heterocycles. The van der Waals surface area contributed by atoms with Crippen molar-refractivity contribution >= 4 is 21.6 Å². The summed E-state index contributed by atoms with van der Waals surface area (Å²) in [5.41, 5.74) is 6.42. The first-order chi connectivity index (χ1) is 9.58. The van der Waals surface area contributed by atoms with Gasteiger partial charge in [0, 0.05) is 12.6 Å². The third kappa shape index (κ3) is 2.94. The zero-order valence-corrected chi connectivity index (χ0v) is 13.0. The van der Waals surface area contributed by atoms with E-state index in [1.165, 1.54) is 4.68 Å². The number of nitrogens with two attached hydrogens (primary N) is 1. The van der Waals surface area contributed by atoms with E-state index >= 15 is 0 Å². The molecule has 0 radical (unpaired) electrons. The molecule has 6 nitrogen and oxygen atoms in total. The van der Waals surface area contributed by atoms with Gasteiger partial charge in [-0.1, -0.05) is 6.08 Å². The molecule has 1 fully saturated rings. The van der Waals surface area contributed by atoms with Crippen molar-refractivity contribution in [1.29, 1.82) is 0 Å². The summed E-state index contributed by atoms with van der Waals surface area (Å²) in [4.78, 5) is 12.1. The molecule has 1 saturated carbocycles. The number of rotatable bonds is 6. The Morgan fingerprint density at radius 2 is 2.50 bits per heavy atom. The molecule has 1 aliphatic carbocycles. The Kier molecular flexibility index (Phi) is 4.95. The van der Waals surface area contributed by atoms with Crippen LogP contribution in [0.1, 0.15) is 13.3 Å². The monoisotopic (exact) mass is 342 g/mol. The van der Waals surface area contributed by atoms with Gasteiger partial charge in [0.15, 0.2) is 0 Å². The van der Waals surface area contributed by atoms with Crippen LogP contribution >= 0.6 is 15.9 Å². The Bertz CT molecular complexity index is 544. The van der Waals surface area contributed by atoms with Gasteiger partial charge in [0.1, 0.15) is 4.47 Å². The molecule has 1 aromatic heterocycles. The number of nitrogens with zero attached hydrogens (tertiary/aromatic N) is 2. The van der Waals surface area contributed by atoms with Gasteiger partial charge >= 0.3 is 0 Å². The Hall–Kier alpha value is -1.18. The standard InChI is InChI=1S/C13H19BrN4O2/c1-3-5-18-13(19)11(14)9(7-16-18)17-12-8(15)6-10(12)20-4-2/h3,7-8,10,12,17H,1,4-6,15H2,2H3. The van der Waals surface area contributed by atoms with Crippen LogP contribution in [0.4, 0.5) is 5.69 Å². The van der Waals surface area contributed by atoms with E-state index in [0.717, 1.165) is 6.42 Å². The molecule has 0 amide bonds. The average Bonchev–Trinajstić information content (AvgIpc) is 2.43. The number of halogens is 1. The van der Waals surface area contributed by atoms with Crippen molar-refractivity contribution in [2.45, 2.75) is 38.1 Å². The first kappa shape index (κ1) is 15.2. The van der Waals surface area contributed by atoms with Gasteiger partial charge in [-0.3, -0.25) is 4.79 Å². The summed E-state index contributed by atoms with van der Waals surface area (Å²) in [5.74, 6) is 0. The van der Waals surface area contributed by atoms with E-state index < -0.39 is 0 Å². The van der Waals surface area contributed by atoms with E-state index in [1.54, 1.807) is 12.3 Å². The number of allylic oxidation sites excluding steroid dienone is 1. The Balaban J connectivity index is 2.15. The molecule has 0 aromatic carbocycles. The second-order valence-electron chi connectivity index (χ2n) is 4.71. The second-order valence-corrected chi connectivity index (χ2v) is 5.50. The number of anilines is 1. The van der Waals surface area contributed by atoms with Gasteiger partial charge in [-0.2, -0.15) is 5.10 Å². The summed E-state index contributed by atoms with van der Waals surface area (Å²) in [6.07, 6.45) is 4.14. The number of nitrogens with one attached hydrogen (secondary N) is 1. The minimum Gasteiger partial charge on any atom is -0.376 e. The number of ether oxygens (including phenoxy) is 1. The molecular formula is C13H19BrN4O2. The second kappa shape index (κ2) is 6.51.